The number of carbonyl (C=O) groups is 1. The summed E-state index contributed by atoms with van der Waals surface area (Å²) >= 11 is 0. The van der Waals surface area contributed by atoms with Crippen molar-refractivity contribution in [1.82, 2.24) is 4.98 Å². The Bertz CT molecular complexity index is 990. The number of carbonyl (C=O) groups excluding carboxylic acids is 1. The molecule has 0 atom stereocenters. The Morgan fingerprint density at radius 3 is 2.32 bits per heavy atom. The van der Waals surface area contributed by atoms with E-state index in [1.807, 2.05) is 26.0 Å². The number of aromatic nitrogens is 1. The lowest BCUT2D eigenvalue weighted by atomic mass is 9.96. The fourth-order valence-electron chi connectivity index (χ4n) is 2.84. The van der Waals surface area contributed by atoms with Crippen LogP contribution < -0.4 is 0 Å². The highest BCUT2D eigenvalue weighted by Gasteiger charge is 2.31. The zero-order valence-corrected chi connectivity index (χ0v) is 14.0. The minimum atomic E-state index is -4.50. The van der Waals surface area contributed by atoms with Gasteiger partial charge >= 0.3 is 6.18 Å². The first-order chi connectivity index (χ1) is 11.7. The zero-order chi connectivity index (χ0) is 18.4. The first-order valence-electron chi connectivity index (χ1n) is 7.76. The SMILES string of the molecule is Cc1cc(C(=O)c2nccc3cc(C)c(C)cc23)cc(C(F)(F)F)c1. The van der Waals surface area contributed by atoms with Crippen LogP contribution in [0.15, 0.2) is 42.6 Å². The molecule has 0 radical (unpaired) electrons. The smallest absolute Gasteiger partial charge is 0.287 e. The summed E-state index contributed by atoms with van der Waals surface area (Å²) in [6.07, 6.45) is -2.99. The molecule has 5 heteroatoms. The van der Waals surface area contributed by atoms with Crippen LogP contribution >= 0.6 is 0 Å². The quantitative estimate of drug-likeness (QED) is 0.582. The summed E-state index contributed by atoms with van der Waals surface area (Å²) in [5, 5.41) is 1.48. The molecule has 1 heterocycles. The van der Waals surface area contributed by atoms with Gasteiger partial charge in [-0.3, -0.25) is 9.78 Å². The number of fused-ring (bicyclic) bond motifs is 1. The molecular formula is C20H16F3NO. The molecule has 2 nitrogen and oxygen atoms in total. The van der Waals surface area contributed by atoms with Gasteiger partial charge in [0.15, 0.2) is 0 Å². The number of nitrogens with zero attached hydrogens (tertiary/aromatic N) is 1. The second-order valence-corrected chi connectivity index (χ2v) is 6.23. The van der Waals surface area contributed by atoms with E-state index in [-0.39, 0.29) is 11.3 Å². The molecule has 25 heavy (non-hydrogen) atoms. The van der Waals surface area contributed by atoms with E-state index in [1.165, 1.54) is 19.2 Å². The van der Waals surface area contributed by atoms with Crippen molar-refractivity contribution in [2.75, 3.05) is 0 Å². The van der Waals surface area contributed by atoms with Gasteiger partial charge in [0.2, 0.25) is 5.78 Å². The number of rotatable bonds is 2. The standard InChI is InChI=1S/C20H16F3NO/c1-11-6-15(10-16(7-11)20(21,22)23)19(25)18-17-9-13(3)12(2)8-14(17)4-5-24-18/h4-10H,1-3H3. The number of ketones is 1. The van der Waals surface area contributed by atoms with Gasteiger partial charge in [0.25, 0.3) is 0 Å². The lowest BCUT2D eigenvalue weighted by Gasteiger charge is -2.11. The number of pyridine rings is 1. The van der Waals surface area contributed by atoms with Crippen molar-refractivity contribution >= 4 is 16.6 Å². The number of hydrogen-bond donors (Lipinski definition) is 0. The third kappa shape index (κ3) is 3.27. The fourth-order valence-corrected chi connectivity index (χ4v) is 2.84. The normalized spacial score (nSPS) is 11.8. The molecule has 1 aromatic heterocycles. The number of alkyl halides is 3. The average molecular weight is 343 g/mol. The predicted molar refractivity (Wildman–Crippen MR) is 90.8 cm³/mol. The van der Waals surface area contributed by atoms with Gasteiger partial charge in [0.1, 0.15) is 5.69 Å². The van der Waals surface area contributed by atoms with Crippen LogP contribution in [0.4, 0.5) is 13.2 Å². The van der Waals surface area contributed by atoms with Crippen LogP contribution in [0.5, 0.6) is 0 Å². The van der Waals surface area contributed by atoms with E-state index in [1.54, 1.807) is 6.07 Å². The van der Waals surface area contributed by atoms with Crippen molar-refractivity contribution < 1.29 is 18.0 Å². The van der Waals surface area contributed by atoms with Gasteiger partial charge in [-0.15, -0.1) is 0 Å². The molecule has 0 spiro atoms. The van der Waals surface area contributed by atoms with Gasteiger partial charge < -0.3 is 0 Å². The van der Waals surface area contributed by atoms with Crippen LogP contribution in [0.2, 0.25) is 0 Å². The van der Waals surface area contributed by atoms with E-state index in [2.05, 4.69) is 4.98 Å². The van der Waals surface area contributed by atoms with Crippen LogP contribution in [0, 0.1) is 20.8 Å². The van der Waals surface area contributed by atoms with E-state index in [9.17, 15) is 18.0 Å². The summed E-state index contributed by atoms with van der Waals surface area (Å²) in [5.41, 5.74) is 1.78. The molecule has 128 valence electrons. The highest BCUT2D eigenvalue weighted by molar-refractivity contribution is 6.15. The third-order valence-electron chi connectivity index (χ3n) is 4.26. The molecular weight excluding hydrogens is 327 g/mol. The van der Waals surface area contributed by atoms with Gasteiger partial charge in [-0.2, -0.15) is 13.2 Å². The van der Waals surface area contributed by atoms with Crippen LogP contribution in [0.1, 0.15) is 38.3 Å². The van der Waals surface area contributed by atoms with E-state index in [4.69, 9.17) is 0 Å². The summed E-state index contributed by atoms with van der Waals surface area (Å²) in [6, 6.07) is 8.96. The molecule has 2 aromatic carbocycles. The molecule has 0 saturated carbocycles. The molecule has 0 amide bonds. The van der Waals surface area contributed by atoms with E-state index in [0.717, 1.165) is 28.6 Å². The Balaban J connectivity index is 2.18. The van der Waals surface area contributed by atoms with E-state index in [0.29, 0.717) is 10.9 Å². The van der Waals surface area contributed by atoms with E-state index >= 15 is 0 Å². The number of hydrogen-bond acceptors (Lipinski definition) is 2. The summed E-state index contributed by atoms with van der Waals surface area (Å²) in [5.74, 6) is -0.511. The second kappa shape index (κ2) is 5.99. The molecule has 0 aliphatic rings. The maximum Gasteiger partial charge on any atom is 0.416 e. The van der Waals surface area contributed by atoms with Crippen molar-refractivity contribution in [2.24, 2.45) is 0 Å². The molecule has 0 saturated heterocycles. The maximum absolute atomic E-state index is 13.0. The van der Waals surface area contributed by atoms with Gasteiger partial charge in [-0.25, -0.2) is 0 Å². The highest BCUT2D eigenvalue weighted by atomic mass is 19.4. The minimum Gasteiger partial charge on any atom is -0.287 e. The summed E-state index contributed by atoms with van der Waals surface area (Å²) in [4.78, 5) is 17.0. The first-order valence-corrected chi connectivity index (χ1v) is 7.76. The van der Waals surface area contributed by atoms with Crippen molar-refractivity contribution in [1.29, 1.82) is 0 Å². The molecule has 3 aromatic rings. The summed E-state index contributed by atoms with van der Waals surface area (Å²) in [6.45, 7) is 5.42. The zero-order valence-electron chi connectivity index (χ0n) is 14.0. The average Bonchev–Trinajstić information content (AvgIpc) is 2.53. The Morgan fingerprint density at radius 2 is 1.64 bits per heavy atom. The van der Waals surface area contributed by atoms with Crippen molar-refractivity contribution in [2.45, 2.75) is 26.9 Å². The Morgan fingerprint density at radius 1 is 0.960 bits per heavy atom. The largest absolute Gasteiger partial charge is 0.416 e. The highest BCUT2D eigenvalue weighted by Crippen LogP contribution is 2.31. The maximum atomic E-state index is 13.0. The minimum absolute atomic E-state index is 0.00875. The van der Waals surface area contributed by atoms with Gasteiger partial charge in [-0.05, 0) is 73.2 Å². The molecule has 0 bridgehead atoms. The molecule has 3 rings (SSSR count). The van der Waals surface area contributed by atoms with Crippen molar-refractivity contribution in [3.05, 3.63) is 76.1 Å². The van der Waals surface area contributed by atoms with E-state index < -0.39 is 17.5 Å². The monoisotopic (exact) mass is 343 g/mol. The van der Waals surface area contributed by atoms with Crippen LogP contribution in [0.25, 0.3) is 10.8 Å². The lowest BCUT2D eigenvalue weighted by molar-refractivity contribution is -0.137. The number of aryl methyl sites for hydroxylation is 3. The number of benzene rings is 2. The Kier molecular flexibility index (Phi) is 4.11. The summed E-state index contributed by atoms with van der Waals surface area (Å²) < 4.78 is 39.1. The number of halogens is 3. The summed E-state index contributed by atoms with van der Waals surface area (Å²) in [7, 11) is 0. The van der Waals surface area contributed by atoms with Gasteiger partial charge in [0.05, 0.1) is 5.56 Å². The van der Waals surface area contributed by atoms with Gasteiger partial charge in [-0.1, -0.05) is 6.07 Å². The fraction of sp³-hybridized carbons (Fsp3) is 0.200. The van der Waals surface area contributed by atoms with Crippen molar-refractivity contribution in [3.8, 4) is 0 Å². The first kappa shape index (κ1) is 17.1. The van der Waals surface area contributed by atoms with Gasteiger partial charge in [0, 0.05) is 17.1 Å². The topological polar surface area (TPSA) is 30.0 Å². The lowest BCUT2D eigenvalue weighted by Crippen LogP contribution is -2.10. The molecule has 0 aliphatic heterocycles. The second-order valence-electron chi connectivity index (χ2n) is 6.23. The molecule has 0 aliphatic carbocycles. The predicted octanol–water partition coefficient (Wildman–Crippen LogP) is 5.41. The molecule has 0 N–H and O–H groups in total. The molecule has 0 unspecified atom stereocenters. The third-order valence-corrected chi connectivity index (χ3v) is 4.26. The van der Waals surface area contributed by atoms with Crippen LogP contribution in [-0.4, -0.2) is 10.8 Å². The van der Waals surface area contributed by atoms with Crippen LogP contribution in [-0.2, 0) is 6.18 Å². The van der Waals surface area contributed by atoms with Crippen molar-refractivity contribution in [3.63, 3.8) is 0 Å². The Hall–Kier alpha value is -2.69. The Labute approximate surface area is 143 Å². The van der Waals surface area contributed by atoms with Crippen LogP contribution in [0.3, 0.4) is 0 Å². The molecule has 0 fully saturated rings.